The fourth-order valence-electron chi connectivity index (χ4n) is 4.31. The molecule has 0 radical (unpaired) electrons. The van der Waals surface area contributed by atoms with Crippen molar-refractivity contribution < 1.29 is 18.0 Å². The third-order valence-electron chi connectivity index (χ3n) is 6.00. The summed E-state index contributed by atoms with van der Waals surface area (Å²) in [5.74, 6) is 0. The zero-order valence-electron chi connectivity index (χ0n) is 20.1. The van der Waals surface area contributed by atoms with E-state index in [0.29, 0.717) is 0 Å². The molecule has 0 saturated carbocycles. The molecule has 0 nitrogen and oxygen atoms in total. The van der Waals surface area contributed by atoms with Gasteiger partial charge in [-0.05, 0) is 0 Å². The number of allylic oxidation sites excluding steroid dienone is 2. The summed E-state index contributed by atoms with van der Waals surface area (Å²) in [6.07, 6.45) is 9.05. The summed E-state index contributed by atoms with van der Waals surface area (Å²) in [4.78, 5) is 0. The quantitative estimate of drug-likeness (QED) is 0.144. The van der Waals surface area contributed by atoms with E-state index < -0.39 is 18.0 Å². The van der Waals surface area contributed by atoms with Gasteiger partial charge in [-0.3, -0.25) is 0 Å². The molecule has 0 spiro atoms. The summed E-state index contributed by atoms with van der Waals surface area (Å²) < 4.78 is 0. The van der Waals surface area contributed by atoms with Crippen LogP contribution in [0.5, 0.6) is 0 Å². The van der Waals surface area contributed by atoms with Gasteiger partial charge >= 0.3 is 53.5 Å². The zero-order chi connectivity index (χ0) is 24.2. The Labute approximate surface area is 218 Å². The molecule has 172 valence electrons. The SMILES string of the molecule is CC1=[C-]c2c(ccc3ccccc23)C1.CC1=[C-]c2c(ccc3ccccc23)C1.C[Si](C)=[Zr]([Cl])[Cl]. The van der Waals surface area contributed by atoms with Gasteiger partial charge in [0.2, 0.25) is 0 Å². The maximum atomic E-state index is 5.62. The molecule has 4 aromatic rings. The second-order valence-electron chi connectivity index (χ2n) is 9.07. The average Bonchev–Trinajstić information content (AvgIpc) is 3.41. The number of rotatable bonds is 0. The average molecular weight is 579 g/mol. The molecular formula is C30H28Cl2SiZr-2. The summed E-state index contributed by atoms with van der Waals surface area (Å²) in [7, 11) is 11.2. The predicted molar refractivity (Wildman–Crippen MR) is 148 cm³/mol. The van der Waals surface area contributed by atoms with E-state index in [4.69, 9.17) is 17.0 Å². The van der Waals surface area contributed by atoms with Crippen LogP contribution in [0.2, 0.25) is 13.1 Å². The molecule has 0 heterocycles. The normalized spacial score (nSPS) is 13.1. The first-order valence-corrected chi connectivity index (χ1v) is 24.0. The molecule has 0 bridgehead atoms. The van der Waals surface area contributed by atoms with Gasteiger partial charge in [0.05, 0.1) is 0 Å². The molecule has 2 aliphatic rings. The molecule has 0 atom stereocenters. The van der Waals surface area contributed by atoms with E-state index in [-0.39, 0.29) is 5.43 Å². The molecule has 0 amide bonds. The standard InChI is InChI=1S/2C14H11.C2H6Si.2ClH.Zr/c2*1-10-8-12-7-6-11-4-2-3-5-13(11)14(12)9-10;1-3-2;;;/h2*2-7H,8H2,1H3;1-2H3;2*1H;/q2*-1;;;;+2/p-2. The molecule has 4 heteroatoms. The van der Waals surface area contributed by atoms with Crippen molar-refractivity contribution in [2.24, 2.45) is 0 Å². The summed E-state index contributed by atoms with van der Waals surface area (Å²) in [6.45, 7) is 8.63. The fourth-order valence-corrected chi connectivity index (χ4v) is 4.31. The Morgan fingerprint density at radius 3 is 1.41 bits per heavy atom. The van der Waals surface area contributed by atoms with Gasteiger partial charge in [-0.1, -0.05) is 86.0 Å². The monoisotopic (exact) mass is 576 g/mol. The van der Waals surface area contributed by atoms with Gasteiger partial charge in [0.15, 0.2) is 0 Å². The fraction of sp³-hybridized carbons (Fsp3) is 0.200. The van der Waals surface area contributed by atoms with Crippen LogP contribution in [0, 0.1) is 12.2 Å². The third-order valence-corrected chi connectivity index (χ3v) is 25.7. The third kappa shape index (κ3) is 6.03. The number of fused-ring (bicyclic) bond motifs is 6. The van der Waals surface area contributed by atoms with Crippen molar-refractivity contribution in [2.75, 3.05) is 0 Å². The molecule has 0 aromatic heterocycles. The molecule has 4 aromatic carbocycles. The first kappa shape index (κ1) is 25.6. The van der Waals surface area contributed by atoms with Crippen molar-refractivity contribution in [1.29, 1.82) is 0 Å². The summed E-state index contributed by atoms with van der Waals surface area (Å²) in [5, 5.41) is 5.30. The van der Waals surface area contributed by atoms with E-state index in [1.807, 2.05) is 0 Å². The molecule has 2 aliphatic carbocycles. The van der Waals surface area contributed by atoms with E-state index in [1.165, 1.54) is 54.9 Å². The van der Waals surface area contributed by atoms with E-state index in [0.717, 1.165) is 12.8 Å². The Hall–Kier alpha value is -1.44. The number of benzene rings is 4. The molecule has 6 rings (SSSR count). The van der Waals surface area contributed by atoms with E-state index in [1.54, 1.807) is 0 Å². The van der Waals surface area contributed by atoms with Crippen molar-refractivity contribution in [3.05, 3.63) is 118 Å². The van der Waals surface area contributed by atoms with E-state index in [2.05, 4.69) is 112 Å². The van der Waals surface area contributed by atoms with Crippen LogP contribution >= 0.6 is 17.0 Å². The van der Waals surface area contributed by atoms with E-state index in [9.17, 15) is 0 Å². The van der Waals surface area contributed by atoms with Crippen LogP contribution in [0.25, 0.3) is 21.5 Å². The molecule has 34 heavy (non-hydrogen) atoms. The van der Waals surface area contributed by atoms with Gasteiger partial charge in [-0.2, -0.15) is 23.3 Å². The molecule has 0 unspecified atom stereocenters. The molecule has 0 fully saturated rings. The first-order chi connectivity index (χ1) is 16.3. The van der Waals surface area contributed by atoms with Crippen LogP contribution in [0.1, 0.15) is 36.1 Å². The van der Waals surface area contributed by atoms with Gasteiger partial charge in [0, 0.05) is 0 Å². The topological polar surface area (TPSA) is 0 Å². The Morgan fingerprint density at radius 1 is 0.647 bits per heavy atom. The Kier molecular flexibility index (Phi) is 8.70. The molecule has 0 N–H and O–H groups in total. The van der Waals surface area contributed by atoms with Crippen LogP contribution in [0.15, 0.2) is 83.9 Å². The Balaban J connectivity index is 0.000000132. The minimum absolute atomic E-state index is 0.224. The second kappa shape index (κ2) is 11.5. The van der Waals surface area contributed by atoms with Crippen molar-refractivity contribution >= 4 is 44.0 Å². The first-order valence-electron chi connectivity index (χ1n) is 11.5. The molecule has 0 aliphatic heterocycles. The van der Waals surface area contributed by atoms with Crippen LogP contribution in [0.4, 0.5) is 0 Å². The van der Waals surface area contributed by atoms with Crippen molar-refractivity contribution in [3.63, 3.8) is 0 Å². The number of halogens is 2. The summed E-state index contributed by atoms with van der Waals surface area (Å²) >= 11 is -1.65. The van der Waals surface area contributed by atoms with Crippen LogP contribution in [-0.4, -0.2) is 5.43 Å². The number of hydrogen-bond donors (Lipinski definition) is 0. The van der Waals surface area contributed by atoms with Crippen molar-refractivity contribution in [1.82, 2.24) is 0 Å². The van der Waals surface area contributed by atoms with Crippen LogP contribution < -0.4 is 0 Å². The van der Waals surface area contributed by atoms with Crippen LogP contribution in [0.3, 0.4) is 0 Å². The van der Waals surface area contributed by atoms with Gasteiger partial charge in [0.1, 0.15) is 0 Å². The Bertz CT molecular complexity index is 1340. The van der Waals surface area contributed by atoms with Gasteiger partial charge in [-0.25, -0.2) is 0 Å². The predicted octanol–water partition coefficient (Wildman–Crippen LogP) is 9.15. The zero-order valence-corrected chi connectivity index (χ0v) is 25.1. The summed E-state index contributed by atoms with van der Waals surface area (Å²) in [5.41, 5.74) is 7.91. The molecule has 0 saturated heterocycles. The van der Waals surface area contributed by atoms with Gasteiger partial charge in [0.25, 0.3) is 0 Å². The maximum absolute atomic E-state index is 5.62. The molecular weight excluding hydrogens is 551 g/mol. The van der Waals surface area contributed by atoms with Gasteiger partial charge in [-0.15, -0.1) is 57.3 Å². The van der Waals surface area contributed by atoms with Crippen molar-refractivity contribution in [2.45, 2.75) is 39.8 Å². The summed E-state index contributed by atoms with van der Waals surface area (Å²) in [6, 6.07) is 25.9. The minimum atomic E-state index is -1.65. The van der Waals surface area contributed by atoms with Crippen molar-refractivity contribution in [3.8, 4) is 0 Å². The Morgan fingerprint density at radius 2 is 1.03 bits per heavy atom. The van der Waals surface area contributed by atoms with Gasteiger partial charge < -0.3 is 0 Å². The van der Waals surface area contributed by atoms with E-state index >= 15 is 0 Å². The van der Waals surface area contributed by atoms with Crippen LogP contribution in [-0.2, 0) is 30.8 Å². The second-order valence-corrected chi connectivity index (χ2v) is 32.0. The number of hydrogen-bond acceptors (Lipinski definition) is 0.